The lowest BCUT2D eigenvalue weighted by Crippen LogP contribution is -2.48. The molecular weight excluding hydrogens is 296 g/mol. The zero-order chi connectivity index (χ0) is 15.1. The molecule has 2 unspecified atom stereocenters. The SMILES string of the molecule is CC1CN(c2cc3c(cc2Cl)C(=O)C(=O)N3)CC(CO)O1. The van der Waals surface area contributed by atoms with Crippen molar-refractivity contribution >= 4 is 34.7 Å². The second kappa shape index (κ2) is 5.29. The van der Waals surface area contributed by atoms with Gasteiger partial charge in [0.05, 0.1) is 40.8 Å². The largest absolute Gasteiger partial charge is 0.394 e. The first-order chi connectivity index (χ1) is 9.99. The summed E-state index contributed by atoms with van der Waals surface area (Å²) in [5.74, 6) is -1.20. The van der Waals surface area contributed by atoms with Crippen molar-refractivity contribution < 1.29 is 19.4 Å². The van der Waals surface area contributed by atoms with E-state index in [-0.39, 0.29) is 18.8 Å². The number of aliphatic hydroxyl groups is 1. The van der Waals surface area contributed by atoms with Gasteiger partial charge in [0.15, 0.2) is 0 Å². The van der Waals surface area contributed by atoms with Crippen molar-refractivity contribution in [3.05, 3.63) is 22.7 Å². The highest BCUT2D eigenvalue weighted by Gasteiger charge is 2.32. The highest BCUT2D eigenvalue weighted by atomic mass is 35.5. The Bertz CT molecular complexity index is 619. The van der Waals surface area contributed by atoms with Crippen LogP contribution in [0.4, 0.5) is 11.4 Å². The number of Topliss-reactive ketones (excluding diaryl/α,β-unsaturated/α-hetero) is 1. The molecule has 2 atom stereocenters. The lowest BCUT2D eigenvalue weighted by atomic mass is 10.1. The van der Waals surface area contributed by atoms with Crippen molar-refractivity contribution in [3.8, 4) is 0 Å². The molecule has 112 valence electrons. The van der Waals surface area contributed by atoms with Gasteiger partial charge in [-0.25, -0.2) is 0 Å². The van der Waals surface area contributed by atoms with Crippen LogP contribution in [-0.2, 0) is 9.53 Å². The quantitative estimate of drug-likeness (QED) is 0.799. The minimum atomic E-state index is -0.637. The van der Waals surface area contributed by atoms with Gasteiger partial charge in [-0.2, -0.15) is 0 Å². The van der Waals surface area contributed by atoms with E-state index in [0.717, 1.165) is 5.69 Å². The van der Waals surface area contributed by atoms with Crippen LogP contribution in [-0.4, -0.2) is 48.7 Å². The molecular formula is C14H15ClN2O4. The van der Waals surface area contributed by atoms with E-state index in [1.807, 2.05) is 11.8 Å². The van der Waals surface area contributed by atoms with Gasteiger partial charge in [-0.15, -0.1) is 0 Å². The van der Waals surface area contributed by atoms with Gasteiger partial charge in [0.2, 0.25) is 0 Å². The van der Waals surface area contributed by atoms with Crippen molar-refractivity contribution in [2.24, 2.45) is 0 Å². The molecule has 2 N–H and O–H groups in total. The van der Waals surface area contributed by atoms with Crippen molar-refractivity contribution in [2.45, 2.75) is 19.1 Å². The molecule has 1 fully saturated rings. The summed E-state index contributed by atoms with van der Waals surface area (Å²) in [4.78, 5) is 25.1. The number of morpholine rings is 1. The van der Waals surface area contributed by atoms with Crippen LogP contribution >= 0.6 is 11.6 Å². The topological polar surface area (TPSA) is 78.9 Å². The van der Waals surface area contributed by atoms with Gasteiger partial charge in [0.25, 0.3) is 11.7 Å². The molecule has 0 saturated carbocycles. The number of carbonyl (C=O) groups excluding carboxylic acids is 2. The van der Waals surface area contributed by atoms with E-state index in [1.54, 1.807) is 6.07 Å². The molecule has 0 aromatic heterocycles. The Labute approximate surface area is 126 Å². The molecule has 2 aliphatic rings. The second-order valence-electron chi connectivity index (χ2n) is 5.29. The lowest BCUT2D eigenvalue weighted by molar-refractivity contribution is -0.112. The number of nitrogens with zero attached hydrogens (tertiary/aromatic N) is 1. The number of amides is 1. The number of hydrogen-bond acceptors (Lipinski definition) is 5. The molecule has 7 heteroatoms. The fraction of sp³-hybridized carbons (Fsp3) is 0.429. The minimum absolute atomic E-state index is 0.0450. The van der Waals surface area contributed by atoms with Crippen LogP contribution in [0.15, 0.2) is 12.1 Å². The summed E-state index contributed by atoms with van der Waals surface area (Å²) >= 11 is 6.26. The van der Waals surface area contributed by atoms with Crippen LogP contribution in [0.2, 0.25) is 5.02 Å². The second-order valence-corrected chi connectivity index (χ2v) is 5.70. The number of ether oxygens (including phenoxy) is 1. The normalized spacial score (nSPS) is 25.0. The zero-order valence-electron chi connectivity index (χ0n) is 11.4. The maximum absolute atomic E-state index is 11.6. The molecule has 1 aromatic carbocycles. The van der Waals surface area contributed by atoms with Crippen molar-refractivity contribution in [1.29, 1.82) is 0 Å². The van der Waals surface area contributed by atoms with Crippen LogP contribution in [0.1, 0.15) is 17.3 Å². The maximum atomic E-state index is 11.6. The maximum Gasteiger partial charge on any atom is 0.296 e. The molecule has 1 saturated heterocycles. The summed E-state index contributed by atoms with van der Waals surface area (Å²) in [5, 5.41) is 12.2. The molecule has 21 heavy (non-hydrogen) atoms. The summed E-state index contributed by atoms with van der Waals surface area (Å²) < 4.78 is 5.60. The summed E-state index contributed by atoms with van der Waals surface area (Å²) in [6.45, 7) is 2.97. The van der Waals surface area contributed by atoms with Crippen LogP contribution < -0.4 is 10.2 Å². The standard InChI is InChI=1S/C14H15ClN2O4/c1-7-4-17(5-8(6-18)21-7)12-3-11-9(2-10(12)15)13(19)14(20)16-11/h2-3,7-8,18H,4-6H2,1H3,(H,16,19,20). The Morgan fingerprint density at radius 1 is 1.43 bits per heavy atom. The molecule has 3 rings (SSSR count). The first-order valence-electron chi connectivity index (χ1n) is 6.70. The Balaban J connectivity index is 1.95. The number of benzene rings is 1. The van der Waals surface area contributed by atoms with Crippen LogP contribution in [0, 0.1) is 0 Å². The van der Waals surface area contributed by atoms with Gasteiger partial charge in [0, 0.05) is 13.1 Å². The number of ketones is 1. The zero-order valence-corrected chi connectivity index (χ0v) is 12.2. The fourth-order valence-corrected chi connectivity index (χ4v) is 3.02. The first kappa shape index (κ1) is 14.3. The third-order valence-electron chi connectivity index (χ3n) is 3.66. The molecule has 1 aromatic rings. The number of aliphatic hydroxyl groups excluding tert-OH is 1. The summed E-state index contributed by atoms with van der Waals surface area (Å²) in [7, 11) is 0. The first-order valence-corrected chi connectivity index (χ1v) is 7.08. The Morgan fingerprint density at radius 2 is 2.19 bits per heavy atom. The molecule has 0 aliphatic carbocycles. The summed E-state index contributed by atoms with van der Waals surface area (Å²) in [5.41, 5.74) is 1.50. The van der Waals surface area contributed by atoms with E-state index in [1.165, 1.54) is 6.07 Å². The van der Waals surface area contributed by atoms with Crippen molar-refractivity contribution in [1.82, 2.24) is 0 Å². The van der Waals surface area contributed by atoms with Crippen molar-refractivity contribution in [3.63, 3.8) is 0 Å². The van der Waals surface area contributed by atoms with E-state index in [2.05, 4.69) is 5.32 Å². The third-order valence-corrected chi connectivity index (χ3v) is 3.96. The molecule has 2 heterocycles. The summed E-state index contributed by atoms with van der Waals surface area (Å²) in [6, 6.07) is 3.22. The van der Waals surface area contributed by atoms with Gasteiger partial charge in [0.1, 0.15) is 0 Å². The van der Waals surface area contributed by atoms with Crippen LogP contribution in [0.3, 0.4) is 0 Å². The predicted molar refractivity (Wildman–Crippen MR) is 78.0 cm³/mol. The van der Waals surface area contributed by atoms with Crippen LogP contribution in [0.25, 0.3) is 0 Å². The van der Waals surface area contributed by atoms with Crippen molar-refractivity contribution in [2.75, 3.05) is 29.9 Å². The van der Waals surface area contributed by atoms with Gasteiger partial charge in [-0.1, -0.05) is 11.6 Å². The average molecular weight is 311 g/mol. The molecule has 6 nitrogen and oxygen atoms in total. The van der Waals surface area contributed by atoms with E-state index in [4.69, 9.17) is 16.3 Å². The number of fused-ring (bicyclic) bond motifs is 1. The Morgan fingerprint density at radius 3 is 2.90 bits per heavy atom. The highest BCUT2D eigenvalue weighted by molar-refractivity contribution is 6.52. The molecule has 0 bridgehead atoms. The van der Waals surface area contributed by atoms with E-state index >= 15 is 0 Å². The van der Waals surface area contributed by atoms with Gasteiger partial charge < -0.3 is 20.1 Å². The number of rotatable bonds is 2. The Hall–Kier alpha value is -1.63. The number of anilines is 2. The molecule has 2 aliphatic heterocycles. The smallest absolute Gasteiger partial charge is 0.296 e. The average Bonchev–Trinajstić information content (AvgIpc) is 2.72. The van der Waals surface area contributed by atoms with E-state index in [9.17, 15) is 14.7 Å². The predicted octanol–water partition coefficient (Wildman–Crippen LogP) is 1.06. The minimum Gasteiger partial charge on any atom is -0.394 e. The van der Waals surface area contributed by atoms with Gasteiger partial charge >= 0.3 is 0 Å². The van der Waals surface area contributed by atoms with Crippen LogP contribution in [0.5, 0.6) is 0 Å². The number of nitrogens with one attached hydrogen (secondary N) is 1. The molecule has 0 radical (unpaired) electrons. The van der Waals surface area contributed by atoms with E-state index in [0.29, 0.717) is 29.4 Å². The third kappa shape index (κ3) is 2.50. The number of carbonyl (C=O) groups is 2. The van der Waals surface area contributed by atoms with E-state index < -0.39 is 11.7 Å². The number of hydrogen-bond donors (Lipinski definition) is 2. The highest BCUT2D eigenvalue weighted by Crippen LogP contribution is 2.36. The molecule has 0 spiro atoms. The monoisotopic (exact) mass is 310 g/mol. The molecule has 1 amide bonds. The number of halogens is 1. The lowest BCUT2D eigenvalue weighted by Gasteiger charge is -2.38. The van der Waals surface area contributed by atoms with Gasteiger partial charge in [-0.05, 0) is 19.1 Å². The fourth-order valence-electron chi connectivity index (χ4n) is 2.74. The summed E-state index contributed by atoms with van der Waals surface area (Å²) in [6.07, 6.45) is -0.328. The Kier molecular flexibility index (Phi) is 3.61. The van der Waals surface area contributed by atoms with Gasteiger partial charge in [-0.3, -0.25) is 9.59 Å².